The SMILES string of the molecule is CCCCCCCCCCCCCCCCCCCCCCCCCC(=O)OC(CO)COP(=O)(O)OCC(CO)OC(C)=O. The van der Waals surface area contributed by atoms with Crippen LogP contribution in [0.15, 0.2) is 0 Å². The van der Waals surface area contributed by atoms with Gasteiger partial charge in [0.25, 0.3) is 0 Å². The second-order valence-corrected chi connectivity index (χ2v) is 13.8. The lowest BCUT2D eigenvalue weighted by Gasteiger charge is -2.20. The van der Waals surface area contributed by atoms with Crippen LogP contribution in [0.1, 0.15) is 168 Å². The summed E-state index contributed by atoms with van der Waals surface area (Å²) < 4.78 is 31.3. The zero-order valence-electron chi connectivity index (χ0n) is 28.6. The molecule has 0 radical (unpaired) electrons. The van der Waals surface area contributed by atoms with E-state index in [-0.39, 0.29) is 6.42 Å². The van der Waals surface area contributed by atoms with Gasteiger partial charge in [0.1, 0.15) is 12.2 Å². The van der Waals surface area contributed by atoms with Crippen LogP contribution in [0.4, 0.5) is 0 Å². The molecule has 0 fully saturated rings. The predicted octanol–water partition coefficient (Wildman–Crippen LogP) is 8.33. The molecule has 45 heavy (non-hydrogen) atoms. The molecule has 0 aromatic heterocycles. The second-order valence-electron chi connectivity index (χ2n) is 12.3. The van der Waals surface area contributed by atoms with Crippen LogP contribution < -0.4 is 0 Å². The maximum absolute atomic E-state index is 12.1. The Morgan fingerprint density at radius 2 is 0.867 bits per heavy atom. The molecule has 0 aliphatic rings. The maximum atomic E-state index is 12.1. The summed E-state index contributed by atoms with van der Waals surface area (Å²) >= 11 is 0. The van der Waals surface area contributed by atoms with Crippen molar-refractivity contribution in [3.63, 3.8) is 0 Å². The zero-order valence-corrected chi connectivity index (χ0v) is 29.5. The largest absolute Gasteiger partial charge is 0.472 e. The fourth-order valence-corrected chi connectivity index (χ4v) is 5.96. The zero-order chi connectivity index (χ0) is 33.4. The third-order valence-electron chi connectivity index (χ3n) is 7.87. The molecule has 0 aliphatic heterocycles. The van der Waals surface area contributed by atoms with E-state index in [1.165, 1.54) is 122 Å². The standard InChI is InChI=1S/C34H67O10P/c1-3-4-5-6-7-8-9-10-11-12-13-14-15-16-17-18-19-20-21-22-23-24-25-26-34(38)44-33(28-36)30-42-45(39,40)41-29-32(27-35)43-31(2)37/h32-33,35-36H,3-30H2,1-2H3,(H,39,40). The summed E-state index contributed by atoms with van der Waals surface area (Å²) in [5.41, 5.74) is 0. The molecule has 3 N–H and O–H groups in total. The molecule has 3 unspecified atom stereocenters. The first-order valence-corrected chi connectivity index (χ1v) is 19.4. The third kappa shape index (κ3) is 31.3. The third-order valence-corrected chi connectivity index (χ3v) is 8.82. The van der Waals surface area contributed by atoms with Crippen LogP contribution in [0.3, 0.4) is 0 Å². The van der Waals surface area contributed by atoms with E-state index in [2.05, 4.69) is 6.92 Å². The number of phosphoric acid groups is 1. The molecule has 0 saturated heterocycles. The molecule has 10 nitrogen and oxygen atoms in total. The van der Waals surface area contributed by atoms with Gasteiger partial charge >= 0.3 is 19.8 Å². The Balaban J connectivity index is 3.58. The van der Waals surface area contributed by atoms with Crippen molar-refractivity contribution in [2.24, 2.45) is 0 Å². The molecule has 0 aromatic carbocycles. The topological polar surface area (TPSA) is 149 Å². The Morgan fingerprint density at radius 3 is 1.18 bits per heavy atom. The fourth-order valence-electron chi connectivity index (χ4n) is 5.17. The molecule has 0 aliphatic carbocycles. The summed E-state index contributed by atoms with van der Waals surface area (Å²) in [4.78, 5) is 32.7. The van der Waals surface area contributed by atoms with Gasteiger partial charge in [0.2, 0.25) is 0 Å². The van der Waals surface area contributed by atoms with E-state index in [1.54, 1.807) is 0 Å². The lowest BCUT2D eigenvalue weighted by atomic mass is 10.0. The minimum absolute atomic E-state index is 0.198. The Morgan fingerprint density at radius 1 is 0.556 bits per heavy atom. The van der Waals surface area contributed by atoms with Crippen LogP contribution in [0, 0.1) is 0 Å². The molecule has 0 heterocycles. The summed E-state index contributed by atoms with van der Waals surface area (Å²) in [6.07, 6.45) is 27.9. The minimum Gasteiger partial charge on any atom is -0.458 e. The van der Waals surface area contributed by atoms with Gasteiger partial charge in [0.15, 0.2) is 0 Å². The highest BCUT2D eigenvalue weighted by Crippen LogP contribution is 2.43. The van der Waals surface area contributed by atoms with Crippen molar-refractivity contribution in [3.05, 3.63) is 0 Å². The number of carbonyl (C=O) groups is 2. The molecule has 11 heteroatoms. The van der Waals surface area contributed by atoms with Gasteiger partial charge in [-0.1, -0.05) is 148 Å². The van der Waals surface area contributed by atoms with Gasteiger partial charge in [-0.3, -0.25) is 18.6 Å². The summed E-state index contributed by atoms with van der Waals surface area (Å²) in [6.45, 7) is 1.10. The van der Waals surface area contributed by atoms with Gasteiger partial charge in [0, 0.05) is 13.3 Å². The van der Waals surface area contributed by atoms with E-state index >= 15 is 0 Å². The molecule has 0 saturated carbocycles. The van der Waals surface area contributed by atoms with Crippen LogP contribution in [-0.2, 0) is 32.7 Å². The number of aliphatic hydroxyl groups is 2. The van der Waals surface area contributed by atoms with Gasteiger partial charge < -0.3 is 24.6 Å². The smallest absolute Gasteiger partial charge is 0.458 e. The van der Waals surface area contributed by atoms with Gasteiger partial charge in [-0.2, -0.15) is 0 Å². The van der Waals surface area contributed by atoms with Gasteiger partial charge in [0.05, 0.1) is 26.4 Å². The quantitative estimate of drug-likeness (QED) is 0.0348. The number of ether oxygens (including phenoxy) is 2. The summed E-state index contributed by atoms with van der Waals surface area (Å²) in [5.74, 6) is -1.19. The van der Waals surface area contributed by atoms with E-state index in [4.69, 9.17) is 23.6 Å². The lowest BCUT2D eigenvalue weighted by molar-refractivity contribution is -0.153. The number of hydrogen-bond acceptors (Lipinski definition) is 9. The minimum atomic E-state index is -4.58. The average Bonchev–Trinajstić information content (AvgIpc) is 3.01. The number of rotatable bonds is 34. The summed E-state index contributed by atoms with van der Waals surface area (Å²) in [7, 11) is -4.58. The van der Waals surface area contributed by atoms with Gasteiger partial charge in [-0.25, -0.2) is 4.57 Å². The maximum Gasteiger partial charge on any atom is 0.472 e. The van der Waals surface area contributed by atoms with Crippen molar-refractivity contribution in [1.82, 2.24) is 0 Å². The first-order chi connectivity index (χ1) is 21.7. The Labute approximate surface area is 273 Å². The fraction of sp³-hybridized carbons (Fsp3) is 0.941. The van der Waals surface area contributed by atoms with Crippen molar-refractivity contribution in [2.45, 2.75) is 180 Å². The average molecular weight is 667 g/mol. The van der Waals surface area contributed by atoms with Crippen molar-refractivity contribution >= 4 is 19.8 Å². The van der Waals surface area contributed by atoms with Crippen molar-refractivity contribution < 1.29 is 47.8 Å². The number of hydrogen-bond donors (Lipinski definition) is 3. The molecular weight excluding hydrogens is 599 g/mol. The Kier molecular flexibility index (Phi) is 30.8. The molecule has 0 amide bonds. The monoisotopic (exact) mass is 666 g/mol. The molecule has 3 atom stereocenters. The van der Waals surface area contributed by atoms with Crippen molar-refractivity contribution in [3.8, 4) is 0 Å². The lowest BCUT2D eigenvalue weighted by Crippen LogP contribution is -2.28. The van der Waals surface area contributed by atoms with E-state index in [0.717, 1.165) is 26.2 Å². The molecule has 0 aromatic rings. The molecular formula is C34H67O10P. The second kappa shape index (κ2) is 31.6. The summed E-state index contributed by atoms with van der Waals surface area (Å²) in [5, 5.41) is 18.5. The van der Waals surface area contributed by atoms with Crippen LogP contribution in [0.2, 0.25) is 0 Å². The molecule has 0 rings (SSSR count). The Hall–Kier alpha value is -1.03. The first-order valence-electron chi connectivity index (χ1n) is 17.9. The highest BCUT2D eigenvalue weighted by Gasteiger charge is 2.27. The molecule has 0 bridgehead atoms. The van der Waals surface area contributed by atoms with E-state index in [0.29, 0.717) is 6.42 Å². The Bertz CT molecular complexity index is 736. The summed E-state index contributed by atoms with van der Waals surface area (Å²) in [6, 6.07) is 0. The van der Waals surface area contributed by atoms with Crippen LogP contribution in [0.25, 0.3) is 0 Å². The van der Waals surface area contributed by atoms with Crippen LogP contribution in [-0.4, -0.2) is 65.7 Å². The van der Waals surface area contributed by atoms with Gasteiger partial charge in [-0.05, 0) is 6.42 Å². The number of esters is 2. The first kappa shape index (κ1) is 44.0. The predicted molar refractivity (Wildman–Crippen MR) is 178 cm³/mol. The van der Waals surface area contributed by atoms with E-state index < -0.39 is 58.4 Å². The number of aliphatic hydroxyl groups excluding tert-OH is 2. The van der Waals surface area contributed by atoms with Crippen LogP contribution in [0.5, 0.6) is 0 Å². The molecule has 268 valence electrons. The van der Waals surface area contributed by atoms with Gasteiger partial charge in [-0.15, -0.1) is 0 Å². The highest BCUT2D eigenvalue weighted by molar-refractivity contribution is 7.47. The number of unbranched alkanes of at least 4 members (excludes halogenated alkanes) is 22. The normalized spacial score (nSPS) is 14.2. The van der Waals surface area contributed by atoms with E-state index in [9.17, 15) is 24.2 Å². The number of phosphoric ester groups is 1. The van der Waals surface area contributed by atoms with Crippen molar-refractivity contribution in [2.75, 3.05) is 26.4 Å². The van der Waals surface area contributed by atoms with Crippen LogP contribution >= 0.6 is 7.82 Å². The van der Waals surface area contributed by atoms with Crippen molar-refractivity contribution in [1.29, 1.82) is 0 Å². The molecule has 0 spiro atoms. The van der Waals surface area contributed by atoms with E-state index in [1.807, 2.05) is 0 Å². The highest BCUT2D eigenvalue weighted by atomic mass is 31.2. The number of carbonyl (C=O) groups excluding carboxylic acids is 2.